The summed E-state index contributed by atoms with van der Waals surface area (Å²) in [5.74, 6) is 0.620. The van der Waals surface area contributed by atoms with E-state index in [1.54, 1.807) is 18.2 Å². The lowest BCUT2D eigenvalue weighted by atomic mass is 10.2. The molecule has 8 heteroatoms. The van der Waals surface area contributed by atoms with Crippen molar-refractivity contribution in [3.63, 3.8) is 0 Å². The summed E-state index contributed by atoms with van der Waals surface area (Å²) >= 11 is 5.94. The maximum Gasteiger partial charge on any atom is 0.315 e. The topological polar surface area (TPSA) is 99.3 Å². The van der Waals surface area contributed by atoms with Crippen LogP contribution < -0.4 is 15.4 Å². The molecule has 130 valence electrons. The van der Waals surface area contributed by atoms with Gasteiger partial charge in [0.25, 0.3) is 0 Å². The SMILES string of the molecule is Cc1cc(CNC(=O)NC[C@@H](O)COc2ccc(Cl)c(C)c2)n[nH]1. The molecule has 1 aromatic heterocycles. The van der Waals surface area contributed by atoms with E-state index in [-0.39, 0.29) is 19.2 Å². The maximum atomic E-state index is 11.7. The number of hydrogen-bond acceptors (Lipinski definition) is 4. The first kappa shape index (κ1) is 18.1. The largest absolute Gasteiger partial charge is 0.491 e. The fourth-order valence-corrected chi connectivity index (χ4v) is 2.08. The summed E-state index contributed by atoms with van der Waals surface area (Å²) in [6, 6.07) is 6.73. The molecule has 2 aromatic rings. The van der Waals surface area contributed by atoms with E-state index >= 15 is 0 Å². The molecule has 0 saturated carbocycles. The number of carbonyl (C=O) groups excluding carboxylic acids is 1. The number of H-pyrrole nitrogens is 1. The summed E-state index contributed by atoms with van der Waals surface area (Å²) in [7, 11) is 0. The van der Waals surface area contributed by atoms with Crippen molar-refractivity contribution < 1.29 is 14.6 Å². The van der Waals surface area contributed by atoms with Crippen LogP contribution in [-0.4, -0.2) is 40.6 Å². The van der Waals surface area contributed by atoms with Gasteiger partial charge in [-0.2, -0.15) is 5.10 Å². The number of nitrogens with one attached hydrogen (secondary N) is 3. The van der Waals surface area contributed by atoms with Crippen LogP contribution in [0.3, 0.4) is 0 Å². The van der Waals surface area contributed by atoms with Gasteiger partial charge in [-0.25, -0.2) is 4.79 Å². The van der Waals surface area contributed by atoms with Gasteiger partial charge in [0.1, 0.15) is 18.5 Å². The number of rotatable bonds is 7. The van der Waals surface area contributed by atoms with Gasteiger partial charge in [-0.3, -0.25) is 5.10 Å². The number of aromatic nitrogens is 2. The molecule has 0 fully saturated rings. The molecule has 0 bridgehead atoms. The van der Waals surface area contributed by atoms with E-state index in [1.165, 1.54) is 0 Å². The average molecular weight is 353 g/mol. The van der Waals surface area contributed by atoms with E-state index in [2.05, 4.69) is 20.8 Å². The van der Waals surface area contributed by atoms with Gasteiger partial charge in [-0.15, -0.1) is 0 Å². The number of carbonyl (C=O) groups is 1. The van der Waals surface area contributed by atoms with E-state index in [0.717, 1.165) is 17.0 Å². The number of aromatic amines is 1. The fourth-order valence-electron chi connectivity index (χ4n) is 1.97. The number of aryl methyl sites for hydroxylation is 2. The van der Waals surface area contributed by atoms with Crippen molar-refractivity contribution in [2.24, 2.45) is 0 Å². The number of amides is 2. The molecule has 2 rings (SSSR count). The third-order valence-electron chi connectivity index (χ3n) is 3.26. The molecule has 1 aromatic carbocycles. The van der Waals surface area contributed by atoms with Gasteiger partial charge in [0.15, 0.2) is 0 Å². The average Bonchev–Trinajstić information content (AvgIpc) is 2.97. The highest BCUT2D eigenvalue weighted by atomic mass is 35.5. The molecule has 0 aliphatic carbocycles. The second-order valence-corrected chi connectivity index (χ2v) is 5.89. The lowest BCUT2D eigenvalue weighted by molar-refractivity contribution is 0.108. The maximum absolute atomic E-state index is 11.7. The Hall–Kier alpha value is -2.25. The van der Waals surface area contributed by atoms with E-state index < -0.39 is 6.10 Å². The second kappa shape index (κ2) is 8.56. The normalized spacial score (nSPS) is 11.8. The molecule has 0 spiro atoms. The van der Waals surface area contributed by atoms with Gasteiger partial charge in [-0.1, -0.05) is 11.6 Å². The van der Waals surface area contributed by atoms with Crippen LogP contribution in [-0.2, 0) is 6.54 Å². The Bertz CT molecular complexity index is 690. The van der Waals surface area contributed by atoms with Crippen LogP contribution in [0.2, 0.25) is 5.02 Å². The number of nitrogens with zero attached hydrogens (tertiary/aromatic N) is 1. The molecule has 1 atom stereocenters. The third-order valence-corrected chi connectivity index (χ3v) is 3.68. The van der Waals surface area contributed by atoms with Crippen LogP contribution in [0.25, 0.3) is 0 Å². The Morgan fingerprint density at radius 2 is 2.17 bits per heavy atom. The monoisotopic (exact) mass is 352 g/mol. The zero-order valence-corrected chi connectivity index (χ0v) is 14.4. The van der Waals surface area contributed by atoms with Crippen molar-refractivity contribution in [2.45, 2.75) is 26.5 Å². The molecule has 0 aliphatic heterocycles. The smallest absolute Gasteiger partial charge is 0.315 e. The third kappa shape index (κ3) is 5.75. The lowest BCUT2D eigenvalue weighted by Gasteiger charge is -2.14. The molecule has 0 saturated heterocycles. The summed E-state index contributed by atoms with van der Waals surface area (Å²) in [5.41, 5.74) is 2.57. The predicted octanol–water partition coefficient (Wildman–Crippen LogP) is 1.92. The van der Waals surface area contributed by atoms with Crippen molar-refractivity contribution in [1.82, 2.24) is 20.8 Å². The number of aliphatic hydroxyl groups is 1. The van der Waals surface area contributed by atoms with E-state index in [9.17, 15) is 9.90 Å². The fraction of sp³-hybridized carbons (Fsp3) is 0.375. The van der Waals surface area contributed by atoms with Crippen LogP contribution >= 0.6 is 11.6 Å². The molecule has 1 heterocycles. The van der Waals surface area contributed by atoms with Crippen molar-refractivity contribution >= 4 is 17.6 Å². The zero-order chi connectivity index (χ0) is 17.5. The Morgan fingerprint density at radius 1 is 1.38 bits per heavy atom. The minimum atomic E-state index is -0.820. The summed E-state index contributed by atoms with van der Waals surface area (Å²) in [6.07, 6.45) is -0.820. The van der Waals surface area contributed by atoms with Crippen LogP contribution in [0.15, 0.2) is 24.3 Å². The van der Waals surface area contributed by atoms with Crippen molar-refractivity contribution in [3.8, 4) is 5.75 Å². The van der Waals surface area contributed by atoms with Gasteiger partial charge in [0.05, 0.1) is 12.2 Å². The lowest BCUT2D eigenvalue weighted by Crippen LogP contribution is -2.41. The van der Waals surface area contributed by atoms with Crippen LogP contribution in [0, 0.1) is 13.8 Å². The molecule has 0 radical (unpaired) electrons. The Balaban J connectivity index is 1.65. The first-order valence-electron chi connectivity index (χ1n) is 7.53. The Kier molecular flexibility index (Phi) is 6.45. The number of ether oxygens (including phenoxy) is 1. The van der Waals surface area contributed by atoms with E-state index in [4.69, 9.17) is 16.3 Å². The molecule has 2 amide bonds. The highest BCUT2D eigenvalue weighted by molar-refractivity contribution is 6.31. The highest BCUT2D eigenvalue weighted by Gasteiger charge is 2.09. The summed E-state index contributed by atoms with van der Waals surface area (Å²) in [4.78, 5) is 11.7. The first-order valence-corrected chi connectivity index (χ1v) is 7.91. The van der Waals surface area contributed by atoms with Gasteiger partial charge in [0, 0.05) is 17.3 Å². The summed E-state index contributed by atoms with van der Waals surface area (Å²) in [6.45, 7) is 4.22. The molecule has 0 aliphatic rings. The number of halogens is 1. The van der Waals surface area contributed by atoms with Crippen molar-refractivity contribution in [3.05, 3.63) is 46.2 Å². The summed E-state index contributed by atoms with van der Waals surface area (Å²) in [5, 5.41) is 22.6. The standard InChI is InChI=1S/C16H21ClN4O3/c1-10-5-14(3-4-15(10)17)24-9-13(22)8-19-16(23)18-7-12-6-11(2)20-21-12/h3-6,13,22H,7-9H2,1-2H3,(H,20,21)(H2,18,19,23)/t13-/m1/s1. The van der Waals surface area contributed by atoms with Crippen LogP contribution in [0.5, 0.6) is 5.75 Å². The minimum Gasteiger partial charge on any atom is -0.491 e. The van der Waals surface area contributed by atoms with Gasteiger partial charge < -0.3 is 20.5 Å². The number of aliphatic hydroxyl groups excluding tert-OH is 1. The van der Waals surface area contributed by atoms with Crippen molar-refractivity contribution in [1.29, 1.82) is 0 Å². The Labute approximate surface area is 145 Å². The first-order chi connectivity index (χ1) is 11.4. The molecule has 24 heavy (non-hydrogen) atoms. The minimum absolute atomic E-state index is 0.0694. The molecular weight excluding hydrogens is 332 g/mol. The van der Waals surface area contributed by atoms with Gasteiger partial charge in [-0.05, 0) is 43.7 Å². The Morgan fingerprint density at radius 3 is 2.83 bits per heavy atom. The van der Waals surface area contributed by atoms with Crippen LogP contribution in [0.4, 0.5) is 4.79 Å². The van der Waals surface area contributed by atoms with Gasteiger partial charge in [0.2, 0.25) is 0 Å². The number of benzene rings is 1. The van der Waals surface area contributed by atoms with E-state index in [1.807, 2.05) is 19.9 Å². The highest BCUT2D eigenvalue weighted by Crippen LogP contribution is 2.21. The second-order valence-electron chi connectivity index (χ2n) is 5.48. The van der Waals surface area contributed by atoms with Gasteiger partial charge >= 0.3 is 6.03 Å². The number of hydrogen-bond donors (Lipinski definition) is 4. The molecule has 0 unspecified atom stereocenters. The number of urea groups is 1. The predicted molar refractivity (Wildman–Crippen MR) is 91.3 cm³/mol. The van der Waals surface area contributed by atoms with E-state index in [0.29, 0.717) is 17.3 Å². The zero-order valence-electron chi connectivity index (χ0n) is 13.6. The summed E-state index contributed by atoms with van der Waals surface area (Å²) < 4.78 is 5.47. The molecule has 7 nitrogen and oxygen atoms in total. The molecular formula is C16H21ClN4O3. The quantitative estimate of drug-likeness (QED) is 0.611. The van der Waals surface area contributed by atoms with Crippen molar-refractivity contribution in [2.75, 3.05) is 13.2 Å². The van der Waals surface area contributed by atoms with Crippen LogP contribution in [0.1, 0.15) is 17.0 Å². The molecule has 4 N–H and O–H groups in total.